The first-order chi connectivity index (χ1) is 15.5. The van der Waals surface area contributed by atoms with Crippen LogP contribution in [0.5, 0.6) is 5.75 Å². The number of ether oxygens (including phenoxy) is 2. The van der Waals surface area contributed by atoms with Gasteiger partial charge in [0.25, 0.3) is 0 Å². The summed E-state index contributed by atoms with van der Waals surface area (Å²) in [7, 11) is 0. The van der Waals surface area contributed by atoms with E-state index in [0.717, 1.165) is 38.8 Å². The molecule has 0 bridgehead atoms. The number of carboxylic acid groups (broad SMARTS) is 1. The summed E-state index contributed by atoms with van der Waals surface area (Å²) in [5.74, 6) is -0.896. The Morgan fingerprint density at radius 1 is 1.31 bits per heavy atom. The Kier molecular flexibility index (Phi) is 8.87. The van der Waals surface area contributed by atoms with Crippen LogP contribution in [0.25, 0.3) is 0 Å². The van der Waals surface area contributed by atoms with Crippen LogP contribution >= 0.6 is 0 Å². The van der Waals surface area contributed by atoms with Crippen LogP contribution in [0.2, 0.25) is 0 Å². The molecule has 0 spiro atoms. The molecule has 1 fully saturated rings. The first kappa shape index (κ1) is 24.0. The lowest BCUT2D eigenvalue weighted by atomic mass is 9.91. The van der Waals surface area contributed by atoms with Gasteiger partial charge >= 0.3 is 11.9 Å². The van der Waals surface area contributed by atoms with E-state index in [1.54, 1.807) is 31.2 Å². The van der Waals surface area contributed by atoms with Crippen molar-refractivity contribution >= 4 is 23.5 Å². The Labute approximate surface area is 188 Å². The summed E-state index contributed by atoms with van der Waals surface area (Å²) in [6, 6.07) is 5.30. The van der Waals surface area contributed by atoms with Gasteiger partial charge in [0.1, 0.15) is 31.0 Å². The van der Waals surface area contributed by atoms with Crippen molar-refractivity contribution < 1.29 is 29.0 Å². The Bertz CT molecular complexity index is 796. The van der Waals surface area contributed by atoms with Crippen molar-refractivity contribution in [3.05, 3.63) is 24.3 Å². The van der Waals surface area contributed by atoms with Crippen LogP contribution in [0.3, 0.4) is 0 Å². The van der Waals surface area contributed by atoms with Crippen LogP contribution in [-0.2, 0) is 19.1 Å². The summed E-state index contributed by atoms with van der Waals surface area (Å²) in [6.07, 6.45) is 4.66. The van der Waals surface area contributed by atoms with Crippen LogP contribution in [-0.4, -0.2) is 67.9 Å². The van der Waals surface area contributed by atoms with Crippen molar-refractivity contribution in [2.24, 2.45) is 5.92 Å². The maximum atomic E-state index is 13.2. The zero-order valence-corrected chi connectivity index (χ0v) is 18.5. The molecule has 1 saturated heterocycles. The van der Waals surface area contributed by atoms with Crippen LogP contribution in [0.1, 0.15) is 39.0 Å². The molecular weight excluding hydrogens is 414 g/mol. The van der Waals surface area contributed by atoms with E-state index in [0.29, 0.717) is 23.8 Å². The van der Waals surface area contributed by atoms with Gasteiger partial charge in [0.15, 0.2) is 0 Å². The molecule has 0 unspecified atom stereocenters. The fourth-order valence-electron chi connectivity index (χ4n) is 4.31. The van der Waals surface area contributed by atoms with Gasteiger partial charge < -0.3 is 19.9 Å². The molecule has 3 rings (SSSR count). The third-order valence-corrected chi connectivity index (χ3v) is 5.96. The minimum Gasteiger partial charge on any atom is -0.489 e. The SMILES string of the molecule is CCOC(=O)[C@@H](CCCC1CCNCC1)N[C@H]1COc2ccccc2N(CC(=O)O)C1=O. The number of nitrogens with one attached hydrogen (secondary N) is 2. The van der Waals surface area contributed by atoms with Gasteiger partial charge in [0.2, 0.25) is 5.91 Å². The second-order valence-electron chi connectivity index (χ2n) is 8.25. The first-order valence-electron chi connectivity index (χ1n) is 11.4. The molecule has 2 atom stereocenters. The number of nitrogens with zero attached hydrogens (tertiary/aromatic N) is 1. The fourth-order valence-corrected chi connectivity index (χ4v) is 4.31. The number of benzene rings is 1. The van der Waals surface area contributed by atoms with Gasteiger partial charge in [-0.15, -0.1) is 0 Å². The fraction of sp³-hybridized carbons (Fsp3) is 0.609. The summed E-state index contributed by atoms with van der Waals surface area (Å²) in [6.45, 7) is 3.55. The van der Waals surface area contributed by atoms with Gasteiger partial charge in [-0.2, -0.15) is 0 Å². The molecule has 1 aromatic carbocycles. The van der Waals surface area contributed by atoms with Gasteiger partial charge in [-0.05, 0) is 57.3 Å². The molecule has 9 nitrogen and oxygen atoms in total. The van der Waals surface area contributed by atoms with Gasteiger partial charge in [-0.25, -0.2) is 0 Å². The van der Waals surface area contributed by atoms with E-state index in [-0.39, 0.29) is 13.2 Å². The lowest BCUT2D eigenvalue weighted by Gasteiger charge is -2.27. The summed E-state index contributed by atoms with van der Waals surface area (Å²) < 4.78 is 11.0. The summed E-state index contributed by atoms with van der Waals surface area (Å²) >= 11 is 0. The van der Waals surface area contributed by atoms with Crippen molar-refractivity contribution in [2.45, 2.75) is 51.1 Å². The molecule has 32 heavy (non-hydrogen) atoms. The van der Waals surface area contributed by atoms with Crippen LogP contribution in [0.15, 0.2) is 24.3 Å². The predicted octanol–water partition coefficient (Wildman–Crippen LogP) is 1.56. The summed E-state index contributed by atoms with van der Waals surface area (Å²) in [5, 5.41) is 15.8. The van der Waals surface area contributed by atoms with Crippen molar-refractivity contribution in [1.82, 2.24) is 10.6 Å². The number of anilines is 1. The maximum absolute atomic E-state index is 13.2. The van der Waals surface area contributed by atoms with E-state index in [1.807, 2.05) is 0 Å². The third kappa shape index (κ3) is 6.43. The highest BCUT2D eigenvalue weighted by atomic mass is 16.5. The standard InChI is InChI=1S/C23H33N3O6/c1-2-31-23(30)17(7-5-6-16-10-12-24-13-11-16)25-18-15-32-20-9-4-3-8-19(20)26(22(18)29)14-21(27)28/h3-4,8-9,16-18,24-25H,2,5-7,10-15H2,1H3,(H,27,28)/t17-,18+/m1/s1. The largest absolute Gasteiger partial charge is 0.489 e. The monoisotopic (exact) mass is 447 g/mol. The topological polar surface area (TPSA) is 117 Å². The number of hydrogen-bond acceptors (Lipinski definition) is 7. The van der Waals surface area contributed by atoms with Crippen LogP contribution in [0, 0.1) is 5.92 Å². The van der Waals surface area contributed by atoms with E-state index in [4.69, 9.17) is 9.47 Å². The molecule has 2 aliphatic heterocycles. The van der Waals surface area contributed by atoms with E-state index in [1.165, 1.54) is 4.90 Å². The van der Waals surface area contributed by atoms with Crippen molar-refractivity contribution in [1.29, 1.82) is 0 Å². The van der Waals surface area contributed by atoms with Gasteiger partial charge in [-0.3, -0.25) is 24.6 Å². The molecule has 0 aromatic heterocycles. The number of carbonyl (C=O) groups excluding carboxylic acids is 2. The Balaban J connectivity index is 1.70. The first-order valence-corrected chi connectivity index (χ1v) is 11.4. The Hall–Kier alpha value is -2.65. The smallest absolute Gasteiger partial charge is 0.323 e. The number of aliphatic carboxylic acids is 1. The van der Waals surface area contributed by atoms with Crippen LogP contribution < -0.4 is 20.3 Å². The zero-order chi connectivity index (χ0) is 22.9. The molecule has 1 aromatic rings. The zero-order valence-electron chi connectivity index (χ0n) is 18.5. The Morgan fingerprint density at radius 3 is 2.78 bits per heavy atom. The number of para-hydroxylation sites is 2. The second-order valence-corrected chi connectivity index (χ2v) is 8.25. The van der Waals surface area contributed by atoms with E-state index in [9.17, 15) is 19.5 Å². The minimum atomic E-state index is -1.13. The molecule has 0 saturated carbocycles. The summed E-state index contributed by atoms with van der Waals surface area (Å²) in [5.41, 5.74) is 0.405. The average molecular weight is 448 g/mol. The number of amides is 1. The lowest BCUT2D eigenvalue weighted by molar-refractivity contribution is -0.146. The molecule has 2 aliphatic rings. The third-order valence-electron chi connectivity index (χ3n) is 5.96. The van der Waals surface area contributed by atoms with Crippen molar-refractivity contribution in [3.63, 3.8) is 0 Å². The highest BCUT2D eigenvalue weighted by Crippen LogP contribution is 2.31. The molecule has 176 valence electrons. The molecular formula is C23H33N3O6. The molecule has 0 aliphatic carbocycles. The van der Waals surface area contributed by atoms with Crippen LogP contribution in [0.4, 0.5) is 5.69 Å². The molecule has 3 N–H and O–H groups in total. The quantitative estimate of drug-likeness (QED) is 0.463. The van der Waals surface area contributed by atoms with Gasteiger partial charge in [0.05, 0.1) is 12.3 Å². The van der Waals surface area contributed by atoms with Gasteiger partial charge in [-0.1, -0.05) is 25.0 Å². The lowest BCUT2D eigenvalue weighted by Crippen LogP contribution is -2.54. The number of esters is 1. The van der Waals surface area contributed by atoms with Crippen molar-refractivity contribution in [3.8, 4) is 5.75 Å². The predicted molar refractivity (Wildman–Crippen MR) is 119 cm³/mol. The maximum Gasteiger partial charge on any atom is 0.323 e. The van der Waals surface area contributed by atoms with E-state index < -0.39 is 36.5 Å². The number of carbonyl (C=O) groups is 3. The molecule has 1 amide bonds. The number of hydrogen-bond donors (Lipinski definition) is 3. The van der Waals surface area contributed by atoms with Crippen molar-refractivity contribution in [2.75, 3.05) is 37.7 Å². The normalized spacial score (nSPS) is 20.1. The highest BCUT2D eigenvalue weighted by Gasteiger charge is 2.35. The van der Waals surface area contributed by atoms with E-state index in [2.05, 4.69) is 10.6 Å². The Morgan fingerprint density at radius 2 is 2.06 bits per heavy atom. The minimum absolute atomic E-state index is 0.00380. The molecule has 9 heteroatoms. The second kappa shape index (κ2) is 11.8. The average Bonchev–Trinajstić information content (AvgIpc) is 2.91. The van der Waals surface area contributed by atoms with Gasteiger partial charge in [0, 0.05) is 0 Å². The number of rotatable bonds is 10. The molecule has 0 radical (unpaired) electrons. The number of carboxylic acids is 1. The van der Waals surface area contributed by atoms with E-state index >= 15 is 0 Å². The summed E-state index contributed by atoms with van der Waals surface area (Å²) in [4.78, 5) is 38.5. The number of piperidine rings is 1. The number of fused-ring (bicyclic) bond motifs is 1. The molecule has 2 heterocycles. The highest BCUT2D eigenvalue weighted by molar-refractivity contribution is 6.02.